The van der Waals surface area contributed by atoms with Crippen molar-refractivity contribution < 1.29 is 4.79 Å². The van der Waals surface area contributed by atoms with Gasteiger partial charge in [0.15, 0.2) is 0 Å². The third-order valence-corrected chi connectivity index (χ3v) is 3.95. The fraction of sp³-hybridized carbons (Fsp3) is 0.467. The number of hydrogen-bond acceptors (Lipinski definition) is 3. The Morgan fingerprint density at radius 2 is 2.15 bits per heavy atom. The van der Waals surface area contributed by atoms with Crippen LogP contribution in [0.5, 0.6) is 0 Å². The molecule has 4 nitrogen and oxygen atoms in total. The average molecular weight is 291 g/mol. The van der Waals surface area contributed by atoms with Gasteiger partial charge in [0.1, 0.15) is 0 Å². The maximum absolute atomic E-state index is 12.4. The van der Waals surface area contributed by atoms with Crippen LogP contribution in [0.15, 0.2) is 23.8 Å². The Balaban J connectivity index is 2.09. The highest BCUT2D eigenvalue weighted by molar-refractivity contribution is 7.09. The number of amides is 1. The summed E-state index contributed by atoms with van der Waals surface area (Å²) in [5.41, 5.74) is 1.65. The van der Waals surface area contributed by atoms with Gasteiger partial charge in [-0.15, -0.1) is 11.3 Å². The summed E-state index contributed by atoms with van der Waals surface area (Å²) in [6, 6.07) is 1.87. The molecule has 20 heavy (non-hydrogen) atoms. The Hall–Kier alpha value is -1.62. The predicted molar refractivity (Wildman–Crippen MR) is 82.1 cm³/mol. The third-order valence-electron chi connectivity index (χ3n) is 3.13. The molecular formula is C15H21N3OS. The molecule has 0 unspecified atom stereocenters. The van der Waals surface area contributed by atoms with Crippen LogP contribution in [-0.2, 0) is 12.1 Å². The molecule has 0 radical (unpaired) electrons. The van der Waals surface area contributed by atoms with Gasteiger partial charge in [0.25, 0.3) is 5.91 Å². The van der Waals surface area contributed by atoms with E-state index in [9.17, 15) is 4.79 Å². The van der Waals surface area contributed by atoms with Gasteiger partial charge >= 0.3 is 0 Å². The summed E-state index contributed by atoms with van der Waals surface area (Å²) in [5, 5.41) is 3.03. The van der Waals surface area contributed by atoms with Crippen molar-refractivity contribution in [1.82, 2.24) is 14.5 Å². The van der Waals surface area contributed by atoms with Crippen LogP contribution in [0.1, 0.15) is 41.8 Å². The van der Waals surface area contributed by atoms with Gasteiger partial charge in [0, 0.05) is 30.4 Å². The Morgan fingerprint density at radius 1 is 1.45 bits per heavy atom. The molecule has 0 bridgehead atoms. The van der Waals surface area contributed by atoms with Crippen molar-refractivity contribution in [2.75, 3.05) is 7.05 Å². The van der Waals surface area contributed by atoms with Crippen molar-refractivity contribution in [1.29, 1.82) is 0 Å². The molecule has 0 aliphatic heterocycles. The minimum Gasteiger partial charge on any atom is -0.348 e. The third kappa shape index (κ3) is 3.28. The topological polar surface area (TPSA) is 38.1 Å². The zero-order valence-electron chi connectivity index (χ0n) is 12.7. The maximum Gasteiger partial charge on any atom is 0.255 e. The van der Waals surface area contributed by atoms with Crippen LogP contribution in [0, 0.1) is 6.92 Å². The first-order valence-corrected chi connectivity index (χ1v) is 7.50. The molecule has 108 valence electrons. The molecule has 2 aromatic heterocycles. The van der Waals surface area contributed by atoms with E-state index in [-0.39, 0.29) is 11.4 Å². The van der Waals surface area contributed by atoms with E-state index < -0.39 is 0 Å². The van der Waals surface area contributed by atoms with E-state index in [1.54, 1.807) is 16.2 Å². The quantitative estimate of drug-likeness (QED) is 0.870. The largest absolute Gasteiger partial charge is 0.348 e. The van der Waals surface area contributed by atoms with Crippen molar-refractivity contribution in [2.45, 2.75) is 39.8 Å². The summed E-state index contributed by atoms with van der Waals surface area (Å²) < 4.78 is 2.06. The number of carbonyl (C=O) groups is 1. The summed E-state index contributed by atoms with van der Waals surface area (Å²) in [6.07, 6.45) is 3.86. The average Bonchev–Trinajstić information content (AvgIpc) is 2.96. The Kier molecular flexibility index (Phi) is 3.99. The van der Waals surface area contributed by atoms with Crippen LogP contribution in [0.3, 0.4) is 0 Å². The highest BCUT2D eigenvalue weighted by atomic mass is 32.1. The molecule has 5 heteroatoms. The molecule has 1 amide bonds. The fourth-order valence-electron chi connectivity index (χ4n) is 1.96. The lowest BCUT2D eigenvalue weighted by molar-refractivity contribution is 0.0783. The van der Waals surface area contributed by atoms with E-state index in [2.05, 4.69) is 30.3 Å². The monoisotopic (exact) mass is 291 g/mol. The lowest BCUT2D eigenvalue weighted by Crippen LogP contribution is -2.26. The lowest BCUT2D eigenvalue weighted by atomic mass is 10.1. The smallest absolute Gasteiger partial charge is 0.255 e. The first-order chi connectivity index (χ1) is 9.27. The van der Waals surface area contributed by atoms with Crippen LogP contribution in [0.4, 0.5) is 0 Å². The SMILES string of the molecule is Cc1nc(CN(C)C(=O)c2ccn(C(C)(C)C)c2)cs1. The minimum absolute atomic E-state index is 0.0108. The summed E-state index contributed by atoms with van der Waals surface area (Å²) in [7, 11) is 1.81. The van der Waals surface area contributed by atoms with Gasteiger partial charge in [-0.2, -0.15) is 0 Å². The number of carbonyl (C=O) groups excluding carboxylic acids is 1. The number of hydrogen-bond donors (Lipinski definition) is 0. The zero-order chi connectivity index (χ0) is 14.9. The maximum atomic E-state index is 12.4. The molecule has 0 saturated carbocycles. The van der Waals surface area contributed by atoms with Crippen LogP contribution in [-0.4, -0.2) is 27.4 Å². The first-order valence-electron chi connectivity index (χ1n) is 6.62. The second-order valence-corrected chi connectivity index (χ2v) is 7.06. The van der Waals surface area contributed by atoms with E-state index in [0.29, 0.717) is 6.54 Å². The van der Waals surface area contributed by atoms with Gasteiger partial charge in [-0.3, -0.25) is 4.79 Å². The molecule has 2 aromatic rings. The lowest BCUT2D eigenvalue weighted by Gasteiger charge is -2.21. The van der Waals surface area contributed by atoms with Crippen LogP contribution in [0.2, 0.25) is 0 Å². The highest BCUT2D eigenvalue weighted by Gasteiger charge is 2.18. The summed E-state index contributed by atoms with van der Waals surface area (Å²) in [4.78, 5) is 18.5. The van der Waals surface area contributed by atoms with Gasteiger partial charge in [-0.1, -0.05) is 0 Å². The molecular weight excluding hydrogens is 270 g/mol. The van der Waals surface area contributed by atoms with E-state index in [1.165, 1.54) is 0 Å². The van der Waals surface area contributed by atoms with Gasteiger partial charge in [0.2, 0.25) is 0 Å². The normalized spacial score (nSPS) is 11.7. The van der Waals surface area contributed by atoms with Gasteiger partial charge in [-0.25, -0.2) is 4.98 Å². The number of rotatable bonds is 3. The number of thiazole rings is 1. The van der Waals surface area contributed by atoms with Crippen LogP contribution in [0.25, 0.3) is 0 Å². The van der Waals surface area contributed by atoms with Gasteiger partial charge in [0.05, 0.1) is 22.8 Å². The molecule has 2 rings (SSSR count). The van der Waals surface area contributed by atoms with Crippen LogP contribution < -0.4 is 0 Å². The summed E-state index contributed by atoms with van der Waals surface area (Å²) >= 11 is 1.61. The second-order valence-electron chi connectivity index (χ2n) is 6.00. The van der Waals surface area contributed by atoms with E-state index in [4.69, 9.17) is 0 Å². The molecule has 0 atom stereocenters. The second kappa shape index (κ2) is 5.40. The van der Waals surface area contributed by atoms with E-state index >= 15 is 0 Å². The molecule has 2 heterocycles. The molecule has 0 saturated heterocycles. The van der Waals surface area contributed by atoms with Crippen molar-refractivity contribution in [3.63, 3.8) is 0 Å². The Labute approximate surface area is 124 Å². The summed E-state index contributed by atoms with van der Waals surface area (Å²) in [5.74, 6) is 0.0265. The number of aryl methyl sites for hydroxylation is 1. The number of nitrogens with zero attached hydrogens (tertiary/aromatic N) is 3. The van der Waals surface area contributed by atoms with E-state index in [1.807, 2.05) is 37.8 Å². The Morgan fingerprint density at radius 3 is 2.65 bits per heavy atom. The molecule has 0 aliphatic rings. The predicted octanol–water partition coefficient (Wildman–Crippen LogP) is 3.28. The minimum atomic E-state index is -0.0108. The van der Waals surface area contributed by atoms with Crippen molar-refractivity contribution >= 4 is 17.2 Å². The van der Waals surface area contributed by atoms with Crippen molar-refractivity contribution in [3.8, 4) is 0 Å². The highest BCUT2D eigenvalue weighted by Crippen LogP contribution is 2.17. The molecule has 0 aromatic carbocycles. The standard InChI is InChI=1S/C15H21N3OS/c1-11-16-13(10-20-11)9-17(5)14(19)12-6-7-18(8-12)15(2,3)4/h6-8,10H,9H2,1-5H3. The summed E-state index contributed by atoms with van der Waals surface area (Å²) in [6.45, 7) is 8.86. The zero-order valence-corrected chi connectivity index (χ0v) is 13.5. The van der Waals surface area contributed by atoms with Gasteiger partial charge < -0.3 is 9.47 Å². The Bertz CT molecular complexity index is 607. The molecule has 0 N–H and O–H groups in total. The molecule has 0 spiro atoms. The molecule has 0 aliphatic carbocycles. The van der Waals surface area contributed by atoms with Crippen LogP contribution >= 0.6 is 11.3 Å². The van der Waals surface area contributed by atoms with Gasteiger partial charge in [-0.05, 0) is 33.8 Å². The molecule has 0 fully saturated rings. The first kappa shape index (κ1) is 14.8. The van der Waals surface area contributed by atoms with Crippen molar-refractivity contribution in [3.05, 3.63) is 40.1 Å². The van der Waals surface area contributed by atoms with E-state index in [0.717, 1.165) is 16.3 Å². The number of aromatic nitrogens is 2. The van der Waals surface area contributed by atoms with Crippen molar-refractivity contribution in [2.24, 2.45) is 0 Å². The fourth-order valence-corrected chi connectivity index (χ4v) is 2.56.